The fourth-order valence-electron chi connectivity index (χ4n) is 3.65. The Morgan fingerprint density at radius 1 is 1.28 bits per heavy atom. The highest BCUT2D eigenvalue weighted by atomic mass is 35.5. The highest BCUT2D eigenvalue weighted by Crippen LogP contribution is 2.25. The molecule has 0 spiro atoms. The van der Waals surface area contributed by atoms with Gasteiger partial charge >= 0.3 is 0 Å². The lowest BCUT2D eigenvalue weighted by Gasteiger charge is -2.36. The lowest BCUT2D eigenvalue weighted by Crippen LogP contribution is -2.45. The third-order valence-electron chi connectivity index (χ3n) is 4.83. The van der Waals surface area contributed by atoms with Crippen LogP contribution in [0.5, 0.6) is 0 Å². The smallest absolute Gasteiger partial charge is 0.251 e. The summed E-state index contributed by atoms with van der Waals surface area (Å²) in [6, 6.07) is 6.86. The number of aromatic nitrogens is 4. The summed E-state index contributed by atoms with van der Waals surface area (Å²) in [6.45, 7) is 6.60. The first kappa shape index (κ1) is 19.6. The van der Waals surface area contributed by atoms with Gasteiger partial charge in [0.1, 0.15) is 12.1 Å². The van der Waals surface area contributed by atoms with Crippen molar-refractivity contribution < 1.29 is 9.53 Å². The van der Waals surface area contributed by atoms with Crippen molar-refractivity contribution >= 4 is 34.4 Å². The number of hydrogen-bond acceptors (Lipinski definition) is 6. The Bertz CT molecular complexity index is 1010. The number of morpholine rings is 1. The number of nitrogens with one attached hydrogen (secondary N) is 1. The molecule has 8 nitrogen and oxygen atoms in total. The van der Waals surface area contributed by atoms with Gasteiger partial charge in [0.2, 0.25) is 0 Å². The Morgan fingerprint density at radius 2 is 2.07 bits per heavy atom. The van der Waals surface area contributed by atoms with E-state index in [2.05, 4.69) is 39.1 Å². The molecule has 2 atom stereocenters. The topological polar surface area (TPSA) is 85.2 Å². The Balaban J connectivity index is 1.46. The van der Waals surface area contributed by atoms with Crippen LogP contribution in [0.2, 0.25) is 5.02 Å². The predicted octanol–water partition coefficient (Wildman–Crippen LogP) is 2.52. The van der Waals surface area contributed by atoms with Crippen molar-refractivity contribution in [2.45, 2.75) is 32.6 Å². The monoisotopic (exact) mass is 414 g/mol. The van der Waals surface area contributed by atoms with Crippen LogP contribution in [-0.4, -0.2) is 57.5 Å². The van der Waals surface area contributed by atoms with Crippen LogP contribution in [0.4, 0.5) is 5.82 Å². The van der Waals surface area contributed by atoms with Crippen molar-refractivity contribution in [2.24, 2.45) is 0 Å². The number of ether oxygens (including phenoxy) is 1. The van der Waals surface area contributed by atoms with Crippen LogP contribution in [0.25, 0.3) is 11.0 Å². The molecule has 1 aromatic carbocycles. The summed E-state index contributed by atoms with van der Waals surface area (Å²) in [4.78, 5) is 23.4. The molecule has 1 saturated heterocycles. The average Bonchev–Trinajstić information content (AvgIpc) is 3.10. The lowest BCUT2D eigenvalue weighted by molar-refractivity contribution is -0.00537. The van der Waals surface area contributed by atoms with E-state index >= 15 is 0 Å². The largest absolute Gasteiger partial charge is 0.372 e. The summed E-state index contributed by atoms with van der Waals surface area (Å²) in [5, 5.41) is 8.78. The fourth-order valence-corrected chi connectivity index (χ4v) is 3.84. The minimum absolute atomic E-state index is 0.139. The predicted molar refractivity (Wildman–Crippen MR) is 111 cm³/mol. The van der Waals surface area contributed by atoms with Gasteiger partial charge in [-0.2, -0.15) is 5.10 Å². The van der Waals surface area contributed by atoms with Gasteiger partial charge < -0.3 is 15.0 Å². The standard InChI is InChI=1S/C20H23ClN6O2/c1-13-10-26(11-14(2)29-13)18-17-9-25-27(19(17)24-12-23-18)7-6-22-20(28)15-4-3-5-16(21)8-15/h3-5,8-9,12-14H,6-7,10-11H2,1-2H3,(H,22,28). The molecule has 1 N–H and O–H groups in total. The molecule has 0 radical (unpaired) electrons. The second kappa shape index (κ2) is 8.34. The van der Waals surface area contributed by atoms with E-state index < -0.39 is 0 Å². The number of anilines is 1. The first-order valence-corrected chi connectivity index (χ1v) is 9.99. The molecule has 29 heavy (non-hydrogen) atoms. The molecule has 3 heterocycles. The van der Waals surface area contributed by atoms with Crippen LogP contribution in [0.1, 0.15) is 24.2 Å². The molecule has 0 bridgehead atoms. The van der Waals surface area contributed by atoms with E-state index in [1.54, 1.807) is 41.5 Å². The number of rotatable bonds is 5. The van der Waals surface area contributed by atoms with Crippen molar-refractivity contribution in [2.75, 3.05) is 24.5 Å². The van der Waals surface area contributed by atoms with Crippen molar-refractivity contribution in [3.8, 4) is 0 Å². The van der Waals surface area contributed by atoms with Crippen LogP contribution in [0.15, 0.2) is 36.8 Å². The first-order valence-electron chi connectivity index (χ1n) is 9.62. The molecule has 1 aliphatic rings. The van der Waals surface area contributed by atoms with Crippen molar-refractivity contribution in [1.29, 1.82) is 0 Å². The normalized spacial score (nSPS) is 19.5. The second-order valence-electron chi connectivity index (χ2n) is 7.23. The number of carbonyl (C=O) groups excluding carboxylic acids is 1. The van der Waals surface area contributed by atoms with E-state index in [4.69, 9.17) is 16.3 Å². The Kier molecular flexibility index (Phi) is 5.64. The number of halogens is 1. The molecular formula is C20H23ClN6O2. The van der Waals surface area contributed by atoms with Gasteiger partial charge in [-0.05, 0) is 32.0 Å². The molecule has 2 aromatic heterocycles. The van der Waals surface area contributed by atoms with Gasteiger partial charge in [0, 0.05) is 30.2 Å². The molecule has 152 valence electrons. The van der Waals surface area contributed by atoms with Gasteiger partial charge in [0.05, 0.1) is 30.3 Å². The quantitative estimate of drug-likeness (QED) is 0.690. The van der Waals surface area contributed by atoms with Crippen LogP contribution < -0.4 is 10.2 Å². The molecule has 3 aromatic rings. The van der Waals surface area contributed by atoms with E-state index in [0.717, 1.165) is 29.9 Å². The number of amides is 1. The number of hydrogen-bond donors (Lipinski definition) is 1. The molecule has 1 amide bonds. The SMILES string of the molecule is CC1CN(c2ncnc3c2cnn3CCNC(=O)c2cccc(Cl)c2)CC(C)O1. The zero-order chi connectivity index (χ0) is 20.4. The van der Waals surface area contributed by atoms with Gasteiger partial charge in [-0.25, -0.2) is 14.6 Å². The van der Waals surface area contributed by atoms with Crippen molar-refractivity contribution in [3.63, 3.8) is 0 Å². The number of fused-ring (bicyclic) bond motifs is 1. The van der Waals surface area contributed by atoms with Gasteiger partial charge in [-0.1, -0.05) is 17.7 Å². The van der Waals surface area contributed by atoms with Crippen LogP contribution in [-0.2, 0) is 11.3 Å². The van der Waals surface area contributed by atoms with Crippen molar-refractivity contribution in [1.82, 2.24) is 25.1 Å². The molecule has 1 aliphatic heterocycles. The minimum atomic E-state index is -0.171. The summed E-state index contributed by atoms with van der Waals surface area (Å²) in [6.07, 6.45) is 3.63. The Morgan fingerprint density at radius 3 is 2.83 bits per heavy atom. The molecule has 0 saturated carbocycles. The van der Waals surface area contributed by atoms with Crippen molar-refractivity contribution in [3.05, 3.63) is 47.4 Å². The maximum Gasteiger partial charge on any atom is 0.251 e. The molecular weight excluding hydrogens is 392 g/mol. The summed E-state index contributed by atoms with van der Waals surface area (Å²) in [7, 11) is 0. The van der Waals surface area contributed by atoms with E-state index in [-0.39, 0.29) is 18.1 Å². The van der Waals surface area contributed by atoms with Crippen LogP contribution in [0.3, 0.4) is 0 Å². The molecule has 2 unspecified atom stereocenters. The van der Waals surface area contributed by atoms with Crippen LogP contribution in [0, 0.1) is 0 Å². The second-order valence-corrected chi connectivity index (χ2v) is 7.67. The zero-order valence-corrected chi connectivity index (χ0v) is 17.1. The Labute approximate surface area is 173 Å². The number of benzene rings is 1. The van der Waals surface area contributed by atoms with E-state index in [9.17, 15) is 4.79 Å². The Hall–Kier alpha value is -2.71. The van der Waals surface area contributed by atoms with E-state index in [1.807, 2.05) is 0 Å². The average molecular weight is 415 g/mol. The van der Waals surface area contributed by atoms with Gasteiger partial charge in [0.15, 0.2) is 5.65 Å². The lowest BCUT2D eigenvalue weighted by atomic mass is 10.2. The highest BCUT2D eigenvalue weighted by molar-refractivity contribution is 6.30. The third-order valence-corrected chi connectivity index (χ3v) is 5.06. The highest BCUT2D eigenvalue weighted by Gasteiger charge is 2.25. The summed E-state index contributed by atoms with van der Waals surface area (Å²) in [5.74, 6) is 0.696. The van der Waals surface area contributed by atoms with Gasteiger partial charge in [0.25, 0.3) is 5.91 Å². The third kappa shape index (κ3) is 4.33. The molecule has 0 aliphatic carbocycles. The van der Waals surface area contributed by atoms with Gasteiger partial charge in [-0.3, -0.25) is 4.79 Å². The zero-order valence-electron chi connectivity index (χ0n) is 16.4. The van der Waals surface area contributed by atoms with Crippen LogP contribution >= 0.6 is 11.6 Å². The van der Waals surface area contributed by atoms with E-state index in [0.29, 0.717) is 23.7 Å². The molecule has 1 fully saturated rings. The molecule has 4 rings (SSSR count). The maximum atomic E-state index is 12.3. The first-order chi connectivity index (χ1) is 14.0. The summed E-state index contributed by atoms with van der Waals surface area (Å²) >= 11 is 5.95. The van der Waals surface area contributed by atoms with E-state index in [1.165, 1.54) is 0 Å². The minimum Gasteiger partial charge on any atom is -0.372 e. The number of carbonyl (C=O) groups is 1. The summed E-state index contributed by atoms with van der Waals surface area (Å²) < 4.78 is 7.60. The summed E-state index contributed by atoms with van der Waals surface area (Å²) in [5.41, 5.74) is 1.28. The number of nitrogens with zero attached hydrogens (tertiary/aromatic N) is 5. The maximum absolute atomic E-state index is 12.3. The van der Waals surface area contributed by atoms with Gasteiger partial charge in [-0.15, -0.1) is 0 Å². The fraction of sp³-hybridized carbons (Fsp3) is 0.400. The molecule has 9 heteroatoms.